The lowest BCUT2D eigenvalue weighted by Gasteiger charge is -2.36. The molecule has 0 aliphatic carbocycles. The highest BCUT2D eigenvalue weighted by Gasteiger charge is 2.24. The fourth-order valence-corrected chi connectivity index (χ4v) is 4.34. The van der Waals surface area contributed by atoms with Gasteiger partial charge in [-0.05, 0) is 43.5 Å². The quantitative estimate of drug-likeness (QED) is 0.552. The van der Waals surface area contributed by atoms with Gasteiger partial charge in [0.15, 0.2) is 0 Å². The predicted molar refractivity (Wildman–Crippen MR) is 129 cm³/mol. The fourth-order valence-electron chi connectivity index (χ4n) is 4.21. The molecule has 0 atom stereocenters. The zero-order valence-electron chi connectivity index (χ0n) is 18.7. The van der Waals surface area contributed by atoms with Gasteiger partial charge >= 0.3 is 0 Å². The lowest BCUT2D eigenvalue weighted by molar-refractivity contribution is -0.131. The standard InChI is InChI=1S/C26H29ClN4O/c1-19-24(18-22-8-11-23(27)12-9-22)26(29-20(2)28-19)31-16-14-30(15-17-31)25(32)13-10-21-6-4-3-5-7-21/h3-9,11-12H,10,13-18H2,1-2H3. The summed E-state index contributed by atoms with van der Waals surface area (Å²) in [5.41, 5.74) is 4.53. The van der Waals surface area contributed by atoms with Crippen molar-refractivity contribution in [2.75, 3.05) is 31.1 Å². The van der Waals surface area contributed by atoms with Crippen LogP contribution in [-0.4, -0.2) is 47.0 Å². The summed E-state index contributed by atoms with van der Waals surface area (Å²) in [6.07, 6.45) is 2.10. The smallest absolute Gasteiger partial charge is 0.223 e. The van der Waals surface area contributed by atoms with Crippen molar-refractivity contribution >= 4 is 23.3 Å². The van der Waals surface area contributed by atoms with Gasteiger partial charge in [0.25, 0.3) is 0 Å². The highest BCUT2D eigenvalue weighted by atomic mass is 35.5. The number of nitrogens with zero attached hydrogens (tertiary/aromatic N) is 4. The molecule has 2 aromatic carbocycles. The second-order valence-corrected chi connectivity index (χ2v) is 8.75. The largest absolute Gasteiger partial charge is 0.353 e. The van der Waals surface area contributed by atoms with Gasteiger partial charge in [-0.1, -0.05) is 54.1 Å². The minimum absolute atomic E-state index is 0.227. The van der Waals surface area contributed by atoms with Crippen LogP contribution < -0.4 is 4.90 Å². The summed E-state index contributed by atoms with van der Waals surface area (Å²) in [4.78, 5) is 26.4. The summed E-state index contributed by atoms with van der Waals surface area (Å²) in [5, 5.41) is 0.735. The van der Waals surface area contributed by atoms with Gasteiger partial charge in [0.05, 0.1) is 0 Å². The van der Waals surface area contributed by atoms with Gasteiger partial charge in [-0.25, -0.2) is 9.97 Å². The van der Waals surface area contributed by atoms with E-state index in [1.165, 1.54) is 11.1 Å². The Hall–Kier alpha value is -2.92. The number of aromatic nitrogens is 2. The van der Waals surface area contributed by atoms with E-state index in [0.29, 0.717) is 6.42 Å². The summed E-state index contributed by atoms with van der Waals surface area (Å²) in [6.45, 7) is 6.98. The second kappa shape index (κ2) is 10.1. The molecule has 1 saturated heterocycles. The van der Waals surface area contributed by atoms with Crippen LogP contribution in [0, 0.1) is 13.8 Å². The van der Waals surface area contributed by atoms with Crippen LogP contribution in [0.15, 0.2) is 54.6 Å². The number of hydrogen-bond donors (Lipinski definition) is 0. The van der Waals surface area contributed by atoms with Crippen LogP contribution in [0.3, 0.4) is 0 Å². The Kier molecular flexibility index (Phi) is 7.05. The molecule has 1 aromatic heterocycles. The van der Waals surface area contributed by atoms with Crippen molar-refractivity contribution in [2.45, 2.75) is 33.1 Å². The van der Waals surface area contributed by atoms with E-state index < -0.39 is 0 Å². The molecule has 1 amide bonds. The van der Waals surface area contributed by atoms with Gasteiger partial charge in [-0.3, -0.25) is 4.79 Å². The normalized spacial score (nSPS) is 14.0. The zero-order chi connectivity index (χ0) is 22.5. The maximum absolute atomic E-state index is 12.7. The Labute approximate surface area is 195 Å². The van der Waals surface area contributed by atoms with E-state index in [9.17, 15) is 4.79 Å². The van der Waals surface area contributed by atoms with E-state index in [2.05, 4.69) is 34.1 Å². The van der Waals surface area contributed by atoms with Crippen molar-refractivity contribution in [1.29, 1.82) is 0 Å². The first-order chi connectivity index (χ1) is 15.5. The monoisotopic (exact) mass is 448 g/mol. The summed E-state index contributed by atoms with van der Waals surface area (Å²) >= 11 is 6.05. The van der Waals surface area contributed by atoms with Crippen molar-refractivity contribution in [2.24, 2.45) is 0 Å². The minimum Gasteiger partial charge on any atom is -0.353 e. The Morgan fingerprint density at radius 3 is 2.28 bits per heavy atom. The maximum atomic E-state index is 12.7. The summed E-state index contributed by atoms with van der Waals surface area (Å²) in [5.74, 6) is 1.99. The second-order valence-electron chi connectivity index (χ2n) is 8.32. The van der Waals surface area contributed by atoms with E-state index in [4.69, 9.17) is 16.6 Å². The van der Waals surface area contributed by atoms with Crippen LogP contribution in [0.5, 0.6) is 0 Å². The average Bonchev–Trinajstić information content (AvgIpc) is 2.81. The Balaban J connectivity index is 1.42. The van der Waals surface area contributed by atoms with Gasteiger partial charge in [-0.15, -0.1) is 0 Å². The van der Waals surface area contributed by atoms with Crippen molar-refractivity contribution in [3.63, 3.8) is 0 Å². The van der Waals surface area contributed by atoms with Crippen molar-refractivity contribution in [3.8, 4) is 0 Å². The molecule has 0 N–H and O–H groups in total. The third-order valence-corrected chi connectivity index (χ3v) is 6.25. The number of carbonyl (C=O) groups is 1. The van der Waals surface area contributed by atoms with Crippen LogP contribution in [0.2, 0.25) is 5.02 Å². The van der Waals surface area contributed by atoms with Crippen LogP contribution in [0.1, 0.15) is 34.6 Å². The first-order valence-electron chi connectivity index (χ1n) is 11.1. The molecule has 4 rings (SSSR count). The van der Waals surface area contributed by atoms with Gasteiger partial charge in [0.2, 0.25) is 5.91 Å². The molecule has 1 aliphatic rings. The molecular formula is C26H29ClN4O. The SMILES string of the molecule is Cc1nc(C)c(Cc2ccc(Cl)cc2)c(N2CCN(C(=O)CCc3ccccc3)CC2)n1. The summed E-state index contributed by atoms with van der Waals surface area (Å²) in [7, 11) is 0. The average molecular weight is 449 g/mol. The number of amides is 1. The molecule has 6 heteroatoms. The molecule has 0 spiro atoms. The van der Waals surface area contributed by atoms with E-state index in [-0.39, 0.29) is 5.91 Å². The molecular weight excluding hydrogens is 420 g/mol. The molecule has 0 saturated carbocycles. The first-order valence-corrected chi connectivity index (χ1v) is 11.5. The van der Waals surface area contributed by atoms with Crippen molar-refractivity contribution < 1.29 is 4.79 Å². The van der Waals surface area contributed by atoms with Gasteiger partial charge in [-0.2, -0.15) is 0 Å². The number of halogens is 1. The predicted octanol–water partition coefficient (Wildman–Crippen LogP) is 4.62. The molecule has 0 radical (unpaired) electrons. The number of aryl methyl sites for hydroxylation is 3. The Morgan fingerprint density at radius 1 is 0.906 bits per heavy atom. The number of hydrogen-bond acceptors (Lipinski definition) is 4. The lowest BCUT2D eigenvalue weighted by atomic mass is 10.0. The number of carbonyl (C=O) groups excluding carboxylic acids is 1. The maximum Gasteiger partial charge on any atom is 0.223 e. The molecule has 2 heterocycles. The molecule has 166 valence electrons. The summed E-state index contributed by atoms with van der Waals surface area (Å²) < 4.78 is 0. The highest BCUT2D eigenvalue weighted by molar-refractivity contribution is 6.30. The van der Waals surface area contributed by atoms with Crippen LogP contribution in [-0.2, 0) is 17.6 Å². The Bertz CT molecular complexity index is 1060. The zero-order valence-corrected chi connectivity index (χ0v) is 19.5. The topological polar surface area (TPSA) is 49.3 Å². The van der Waals surface area contributed by atoms with Gasteiger partial charge in [0.1, 0.15) is 11.6 Å². The Morgan fingerprint density at radius 2 is 1.59 bits per heavy atom. The molecule has 3 aromatic rings. The lowest BCUT2D eigenvalue weighted by Crippen LogP contribution is -2.49. The van der Waals surface area contributed by atoms with E-state index in [1.54, 1.807) is 0 Å². The molecule has 1 fully saturated rings. The summed E-state index contributed by atoms with van der Waals surface area (Å²) in [6, 6.07) is 18.1. The molecule has 0 unspecified atom stereocenters. The fraction of sp³-hybridized carbons (Fsp3) is 0.346. The molecule has 1 aliphatic heterocycles. The first kappa shape index (κ1) is 22.3. The van der Waals surface area contributed by atoms with Crippen LogP contribution in [0.4, 0.5) is 5.82 Å². The number of rotatable bonds is 6. The highest BCUT2D eigenvalue weighted by Crippen LogP contribution is 2.26. The van der Waals surface area contributed by atoms with Crippen molar-refractivity contribution in [3.05, 3.63) is 87.8 Å². The van der Waals surface area contributed by atoms with Crippen LogP contribution >= 0.6 is 11.6 Å². The number of anilines is 1. The van der Waals surface area contributed by atoms with E-state index in [0.717, 1.165) is 66.9 Å². The number of benzene rings is 2. The van der Waals surface area contributed by atoms with E-state index in [1.807, 2.05) is 49.1 Å². The van der Waals surface area contributed by atoms with Gasteiger partial charge in [0, 0.05) is 55.3 Å². The van der Waals surface area contributed by atoms with Crippen molar-refractivity contribution in [1.82, 2.24) is 14.9 Å². The van der Waals surface area contributed by atoms with Gasteiger partial charge < -0.3 is 9.80 Å². The number of piperazine rings is 1. The van der Waals surface area contributed by atoms with Crippen LogP contribution in [0.25, 0.3) is 0 Å². The van der Waals surface area contributed by atoms with E-state index >= 15 is 0 Å². The molecule has 32 heavy (non-hydrogen) atoms. The third kappa shape index (κ3) is 5.46. The minimum atomic E-state index is 0.227. The molecule has 5 nitrogen and oxygen atoms in total. The third-order valence-electron chi connectivity index (χ3n) is 6.00. The molecule has 0 bridgehead atoms.